The van der Waals surface area contributed by atoms with E-state index in [2.05, 4.69) is 10.6 Å². The maximum atomic E-state index is 12.1. The monoisotopic (exact) mass is 343 g/mol. The van der Waals surface area contributed by atoms with Crippen LogP contribution in [0, 0.1) is 0 Å². The summed E-state index contributed by atoms with van der Waals surface area (Å²) in [6.07, 6.45) is 3.16. The van der Waals surface area contributed by atoms with Gasteiger partial charge in [-0.15, -0.1) is 0 Å². The second-order valence-corrected chi connectivity index (χ2v) is 5.68. The van der Waals surface area contributed by atoms with Crippen molar-refractivity contribution in [2.45, 2.75) is 6.42 Å². The van der Waals surface area contributed by atoms with E-state index in [4.69, 9.17) is 5.73 Å². The predicted octanol–water partition coefficient (Wildman–Crippen LogP) is 2.01. The van der Waals surface area contributed by atoms with Crippen molar-refractivity contribution >= 4 is 40.8 Å². The highest BCUT2D eigenvalue weighted by Gasteiger charge is 2.12. The lowest BCUT2D eigenvalue weighted by atomic mass is 10.1. The Bertz CT molecular complexity index is 754. The van der Waals surface area contributed by atoms with E-state index in [9.17, 15) is 14.4 Å². The Labute approximate surface area is 143 Å². The van der Waals surface area contributed by atoms with Gasteiger partial charge in [-0.05, 0) is 40.6 Å². The van der Waals surface area contributed by atoms with Gasteiger partial charge in [0.05, 0.1) is 11.3 Å². The Balaban J connectivity index is 2.01. The molecule has 0 saturated carbocycles. The van der Waals surface area contributed by atoms with Gasteiger partial charge in [-0.2, -0.15) is 11.3 Å². The largest absolute Gasteiger partial charge is 0.370 e. The third-order valence-electron chi connectivity index (χ3n) is 3.06. The number of nitrogens with two attached hydrogens (primary N) is 1. The molecule has 2 rings (SSSR count). The summed E-state index contributed by atoms with van der Waals surface area (Å²) in [5.41, 5.74) is 6.69. The van der Waals surface area contributed by atoms with Crippen molar-refractivity contribution in [1.82, 2.24) is 5.32 Å². The molecule has 0 unspecified atom stereocenters. The smallest absolute Gasteiger partial charge is 0.253 e. The van der Waals surface area contributed by atoms with Crippen LogP contribution in [0.3, 0.4) is 0 Å². The molecule has 0 saturated heterocycles. The standard InChI is InChI=1S/C17H17N3O3S/c18-15(21)7-9-19-17(23)13-3-1-2-4-14(13)20-16(22)6-5-12-8-10-24-11-12/h1-6,8,10-11H,7,9H2,(H2,18,21)(H,19,23)(H,20,22)/b6-5-. The SMILES string of the molecule is NC(=O)CCNC(=O)c1ccccc1NC(=O)/C=C\c1ccsc1. The molecule has 0 aliphatic rings. The lowest BCUT2D eigenvalue weighted by molar-refractivity contribution is -0.118. The van der Waals surface area contributed by atoms with Crippen molar-refractivity contribution in [3.63, 3.8) is 0 Å². The summed E-state index contributed by atoms with van der Waals surface area (Å²) in [4.78, 5) is 34.8. The van der Waals surface area contributed by atoms with Gasteiger partial charge in [0.15, 0.2) is 0 Å². The topological polar surface area (TPSA) is 101 Å². The van der Waals surface area contributed by atoms with E-state index < -0.39 is 5.91 Å². The molecule has 124 valence electrons. The van der Waals surface area contributed by atoms with Crippen LogP contribution < -0.4 is 16.4 Å². The van der Waals surface area contributed by atoms with Crippen LogP contribution in [-0.4, -0.2) is 24.3 Å². The number of carbonyl (C=O) groups excluding carboxylic acids is 3. The average molecular weight is 343 g/mol. The minimum absolute atomic E-state index is 0.0592. The molecule has 0 aliphatic carbocycles. The predicted molar refractivity (Wildman–Crippen MR) is 94.6 cm³/mol. The summed E-state index contributed by atoms with van der Waals surface area (Å²) in [5, 5.41) is 9.11. The zero-order chi connectivity index (χ0) is 17.4. The van der Waals surface area contributed by atoms with Gasteiger partial charge in [0.2, 0.25) is 11.8 Å². The summed E-state index contributed by atoms with van der Waals surface area (Å²) in [6, 6.07) is 8.55. The van der Waals surface area contributed by atoms with Gasteiger partial charge in [0, 0.05) is 19.0 Å². The first-order valence-corrected chi connectivity index (χ1v) is 8.17. The van der Waals surface area contributed by atoms with Gasteiger partial charge >= 0.3 is 0 Å². The molecule has 0 spiro atoms. The summed E-state index contributed by atoms with van der Waals surface area (Å²) < 4.78 is 0. The molecular formula is C17H17N3O3S. The number of thiophene rings is 1. The van der Waals surface area contributed by atoms with Crippen LogP contribution in [0.4, 0.5) is 5.69 Å². The lowest BCUT2D eigenvalue weighted by Crippen LogP contribution is -2.28. The van der Waals surface area contributed by atoms with E-state index in [1.165, 1.54) is 6.08 Å². The normalized spacial score (nSPS) is 10.5. The second-order valence-electron chi connectivity index (χ2n) is 4.90. The van der Waals surface area contributed by atoms with Gasteiger partial charge in [-0.25, -0.2) is 0 Å². The summed E-state index contributed by atoms with van der Waals surface area (Å²) in [7, 11) is 0. The molecule has 1 aromatic carbocycles. The molecule has 24 heavy (non-hydrogen) atoms. The first kappa shape index (κ1) is 17.4. The molecule has 0 radical (unpaired) electrons. The number of rotatable bonds is 7. The van der Waals surface area contributed by atoms with Gasteiger partial charge in [-0.1, -0.05) is 12.1 Å². The number of nitrogens with one attached hydrogen (secondary N) is 2. The molecule has 0 fully saturated rings. The van der Waals surface area contributed by atoms with Crippen molar-refractivity contribution in [3.05, 3.63) is 58.3 Å². The maximum absolute atomic E-state index is 12.1. The number of anilines is 1. The van der Waals surface area contributed by atoms with Crippen LogP contribution in [0.2, 0.25) is 0 Å². The highest BCUT2D eigenvalue weighted by Crippen LogP contribution is 2.15. The quantitative estimate of drug-likeness (QED) is 0.670. The Morgan fingerprint density at radius 1 is 1.17 bits per heavy atom. The Kier molecular flexibility index (Phi) is 6.27. The Morgan fingerprint density at radius 2 is 1.96 bits per heavy atom. The molecule has 3 amide bonds. The average Bonchev–Trinajstić information content (AvgIpc) is 3.06. The van der Waals surface area contributed by atoms with E-state index in [0.29, 0.717) is 11.3 Å². The number of amides is 3. The van der Waals surface area contributed by atoms with E-state index in [1.54, 1.807) is 41.7 Å². The van der Waals surface area contributed by atoms with Gasteiger partial charge in [-0.3, -0.25) is 14.4 Å². The van der Waals surface area contributed by atoms with Crippen LogP contribution in [0.15, 0.2) is 47.2 Å². The zero-order valence-corrected chi connectivity index (χ0v) is 13.6. The second kappa shape index (κ2) is 8.64. The molecule has 6 nitrogen and oxygen atoms in total. The Morgan fingerprint density at radius 3 is 2.67 bits per heavy atom. The number of para-hydroxylation sites is 1. The number of hydrogen-bond acceptors (Lipinski definition) is 4. The first-order chi connectivity index (χ1) is 11.6. The minimum atomic E-state index is -0.490. The molecule has 7 heteroatoms. The number of hydrogen-bond donors (Lipinski definition) is 3. The van der Waals surface area contributed by atoms with Crippen molar-refractivity contribution < 1.29 is 14.4 Å². The molecule has 0 aliphatic heterocycles. The third-order valence-corrected chi connectivity index (χ3v) is 3.76. The summed E-state index contributed by atoms with van der Waals surface area (Å²) in [5.74, 6) is -1.21. The van der Waals surface area contributed by atoms with Crippen LogP contribution >= 0.6 is 11.3 Å². The van der Waals surface area contributed by atoms with Gasteiger partial charge in [0.25, 0.3) is 5.91 Å². The van der Waals surface area contributed by atoms with Crippen molar-refractivity contribution in [2.75, 3.05) is 11.9 Å². The molecule has 2 aromatic rings. The van der Waals surface area contributed by atoms with E-state index >= 15 is 0 Å². The number of benzene rings is 1. The highest BCUT2D eigenvalue weighted by molar-refractivity contribution is 7.08. The third kappa shape index (κ3) is 5.36. The van der Waals surface area contributed by atoms with Gasteiger partial charge in [0.1, 0.15) is 0 Å². The van der Waals surface area contributed by atoms with Crippen LogP contribution in [-0.2, 0) is 9.59 Å². The van der Waals surface area contributed by atoms with E-state index in [0.717, 1.165) is 5.56 Å². The fraction of sp³-hybridized carbons (Fsp3) is 0.118. The number of carbonyl (C=O) groups is 3. The van der Waals surface area contributed by atoms with Crippen molar-refractivity contribution in [1.29, 1.82) is 0 Å². The number of primary amides is 1. The fourth-order valence-corrected chi connectivity index (χ4v) is 2.53. The molecule has 1 aromatic heterocycles. The first-order valence-electron chi connectivity index (χ1n) is 7.23. The molecular weight excluding hydrogens is 326 g/mol. The molecule has 1 heterocycles. The van der Waals surface area contributed by atoms with Crippen LogP contribution in [0.1, 0.15) is 22.3 Å². The lowest BCUT2D eigenvalue weighted by Gasteiger charge is -2.10. The maximum Gasteiger partial charge on any atom is 0.253 e. The van der Waals surface area contributed by atoms with Crippen molar-refractivity contribution in [3.8, 4) is 0 Å². The van der Waals surface area contributed by atoms with Crippen LogP contribution in [0.25, 0.3) is 6.08 Å². The molecule has 4 N–H and O–H groups in total. The Hall–Kier alpha value is -2.93. The van der Waals surface area contributed by atoms with E-state index in [-0.39, 0.29) is 24.8 Å². The summed E-state index contributed by atoms with van der Waals surface area (Å²) in [6.45, 7) is 0.147. The fourth-order valence-electron chi connectivity index (χ4n) is 1.90. The summed E-state index contributed by atoms with van der Waals surface area (Å²) >= 11 is 1.54. The zero-order valence-electron chi connectivity index (χ0n) is 12.8. The van der Waals surface area contributed by atoms with Gasteiger partial charge < -0.3 is 16.4 Å². The van der Waals surface area contributed by atoms with Crippen molar-refractivity contribution in [2.24, 2.45) is 5.73 Å². The highest BCUT2D eigenvalue weighted by atomic mass is 32.1. The van der Waals surface area contributed by atoms with E-state index in [1.807, 2.05) is 16.8 Å². The van der Waals surface area contributed by atoms with Crippen LogP contribution in [0.5, 0.6) is 0 Å². The molecule has 0 atom stereocenters. The minimum Gasteiger partial charge on any atom is -0.370 e. The molecule has 0 bridgehead atoms.